The summed E-state index contributed by atoms with van der Waals surface area (Å²) in [6.07, 6.45) is -5.15. The van der Waals surface area contributed by atoms with Crippen LogP contribution in [0.1, 0.15) is 51.4 Å². The molecule has 2 aliphatic rings. The van der Waals surface area contributed by atoms with E-state index in [1.54, 1.807) is 4.72 Å². The molecule has 1 aliphatic carbocycles. The summed E-state index contributed by atoms with van der Waals surface area (Å²) in [5, 5.41) is 6.10. The monoisotopic (exact) mass is 605 g/mol. The first-order valence-electron chi connectivity index (χ1n) is 12.3. The highest BCUT2D eigenvalue weighted by atomic mass is 32.2. The van der Waals surface area contributed by atoms with Crippen LogP contribution in [0.4, 0.5) is 32.2 Å². The van der Waals surface area contributed by atoms with Crippen LogP contribution in [0.2, 0.25) is 0 Å². The zero-order valence-electron chi connectivity index (χ0n) is 21.7. The molecule has 1 aliphatic heterocycles. The summed E-state index contributed by atoms with van der Waals surface area (Å²) in [6.45, 7) is 1.61. The molecule has 4 rings (SSSR count). The third-order valence-electron chi connectivity index (χ3n) is 6.53. The van der Waals surface area contributed by atoms with Gasteiger partial charge in [0.25, 0.3) is 11.8 Å². The second-order valence-electron chi connectivity index (χ2n) is 9.75. The van der Waals surface area contributed by atoms with E-state index in [9.17, 15) is 44.3 Å². The van der Waals surface area contributed by atoms with Crippen molar-refractivity contribution in [2.45, 2.75) is 38.3 Å². The molecule has 41 heavy (non-hydrogen) atoms. The third-order valence-corrected chi connectivity index (χ3v) is 7.09. The van der Waals surface area contributed by atoms with Gasteiger partial charge in [0.15, 0.2) is 5.69 Å². The largest absolute Gasteiger partial charge is 0.436 e. The van der Waals surface area contributed by atoms with Gasteiger partial charge in [-0.25, -0.2) is 17.8 Å². The Kier molecular flexibility index (Phi) is 7.99. The molecule has 2 N–H and O–H groups in total. The first kappa shape index (κ1) is 30.1. The molecule has 0 fully saturated rings. The molecule has 9 nitrogen and oxygen atoms in total. The number of nitrogens with one attached hydrogen (secondary N) is 2. The maximum atomic E-state index is 13.9. The number of rotatable bonds is 7. The van der Waals surface area contributed by atoms with Crippen LogP contribution in [0.5, 0.6) is 0 Å². The lowest BCUT2D eigenvalue weighted by molar-refractivity contribution is -0.141. The number of anilines is 1. The molecule has 0 radical (unpaired) electrons. The number of fused-ring (bicyclic) bond motifs is 1. The summed E-state index contributed by atoms with van der Waals surface area (Å²) < 4.78 is 107. The Morgan fingerprint density at radius 3 is 2.29 bits per heavy atom. The van der Waals surface area contributed by atoms with Crippen molar-refractivity contribution in [3.05, 3.63) is 70.5 Å². The second kappa shape index (κ2) is 10.9. The van der Waals surface area contributed by atoms with Crippen LogP contribution in [0, 0.1) is 5.92 Å². The Labute approximate surface area is 230 Å². The van der Waals surface area contributed by atoms with E-state index < -0.39 is 63.0 Å². The van der Waals surface area contributed by atoms with Crippen LogP contribution in [-0.2, 0) is 22.7 Å². The number of sulfonamides is 1. The average Bonchev–Trinajstić information content (AvgIpc) is 3.43. The lowest BCUT2D eigenvalue weighted by atomic mass is 9.95. The van der Waals surface area contributed by atoms with Crippen LogP contribution < -0.4 is 14.9 Å². The molecular formula is C25H25F6N5O4S. The van der Waals surface area contributed by atoms with Crippen molar-refractivity contribution in [2.24, 2.45) is 5.92 Å². The molecule has 1 aromatic carbocycles. The van der Waals surface area contributed by atoms with Gasteiger partial charge in [0, 0.05) is 18.7 Å². The van der Waals surface area contributed by atoms with Gasteiger partial charge < -0.3 is 10.2 Å². The van der Waals surface area contributed by atoms with E-state index in [0.29, 0.717) is 5.56 Å². The van der Waals surface area contributed by atoms with Crippen LogP contribution in [-0.4, -0.2) is 55.5 Å². The lowest BCUT2D eigenvalue weighted by Crippen LogP contribution is -2.33. The Balaban J connectivity index is 1.57. The standard InChI is InChI=1S/C25H25F6N5O4S/c1-14(16-6-8-17(9-7-16)21(37)34-41(2,39)40)32-22(38)19-20(25(29,30)31)33-36-11-10-35(23(19)36)13-15-4-3-5-18(12-15)24(26,27)28/h3,5-9,12,14-15H,4,10-11,13H2,1-2H3,(H,32,38)(H,34,37)/t14-,15?/m0/s1. The van der Waals surface area contributed by atoms with Gasteiger partial charge in [-0.05, 0) is 37.0 Å². The van der Waals surface area contributed by atoms with Crippen LogP contribution in [0.15, 0.2) is 48.1 Å². The van der Waals surface area contributed by atoms with Crippen LogP contribution in [0.3, 0.4) is 0 Å². The second-order valence-corrected chi connectivity index (χ2v) is 11.5. The minimum absolute atomic E-state index is 0.00226. The summed E-state index contributed by atoms with van der Waals surface area (Å²) in [4.78, 5) is 26.7. The van der Waals surface area contributed by atoms with Crippen molar-refractivity contribution in [3.63, 3.8) is 0 Å². The Morgan fingerprint density at radius 2 is 1.71 bits per heavy atom. The first-order valence-corrected chi connectivity index (χ1v) is 14.1. The van der Waals surface area contributed by atoms with Gasteiger partial charge in [-0.3, -0.25) is 9.59 Å². The average molecular weight is 606 g/mol. The molecule has 0 saturated heterocycles. The summed E-state index contributed by atoms with van der Waals surface area (Å²) >= 11 is 0. The summed E-state index contributed by atoms with van der Waals surface area (Å²) in [6, 6.07) is 4.55. The number of hydrogen-bond donors (Lipinski definition) is 2. The number of halogens is 6. The highest BCUT2D eigenvalue weighted by Gasteiger charge is 2.44. The topological polar surface area (TPSA) is 113 Å². The fourth-order valence-corrected chi connectivity index (χ4v) is 5.14. The molecule has 2 heterocycles. The van der Waals surface area contributed by atoms with E-state index in [2.05, 4.69) is 10.4 Å². The van der Waals surface area contributed by atoms with Crippen molar-refractivity contribution in [1.29, 1.82) is 0 Å². The maximum absolute atomic E-state index is 13.9. The molecule has 0 spiro atoms. The number of aromatic nitrogens is 2. The van der Waals surface area contributed by atoms with E-state index in [4.69, 9.17) is 0 Å². The molecule has 1 aromatic heterocycles. The predicted octanol–water partition coefficient (Wildman–Crippen LogP) is 3.97. The molecule has 222 valence electrons. The summed E-state index contributed by atoms with van der Waals surface area (Å²) in [5.74, 6) is -2.76. The summed E-state index contributed by atoms with van der Waals surface area (Å²) in [5.41, 5.74) is -2.59. The number of carbonyl (C=O) groups excluding carboxylic acids is 2. The van der Waals surface area contributed by atoms with Gasteiger partial charge in [-0.2, -0.15) is 31.4 Å². The molecule has 2 amide bonds. The molecule has 1 unspecified atom stereocenters. The number of amides is 2. The van der Waals surface area contributed by atoms with Gasteiger partial charge >= 0.3 is 12.4 Å². The van der Waals surface area contributed by atoms with E-state index >= 15 is 0 Å². The Bertz CT molecular complexity index is 1510. The number of nitrogens with zero attached hydrogens (tertiary/aromatic N) is 3. The Morgan fingerprint density at radius 1 is 1.05 bits per heavy atom. The van der Waals surface area contributed by atoms with E-state index in [-0.39, 0.29) is 37.4 Å². The van der Waals surface area contributed by atoms with Crippen molar-refractivity contribution in [3.8, 4) is 0 Å². The van der Waals surface area contributed by atoms with E-state index in [1.165, 1.54) is 42.2 Å². The zero-order chi connectivity index (χ0) is 30.3. The van der Waals surface area contributed by atoms with E-state index in [1.807, 2.05) is 0 Å². The van der Waals surface area contributed by atoms with Crippen molar-refractivity contribution in [2.75, 3.05) is 24.2 Å². The number of hydrogen-bond acceptors (Lipinski definition) is 6. The summed E-state index contributed by atoms with van der Waals surface area (Å²) in [7, 11) is -3.80. The van der Waals surface area contributed by atoms with Crippen LogP contribution >= 0.6 is 0 Å². The highest BCUT2D eigenvalue weighted by molar-refractivity contribution is 7.89. The minimum Gasteiger partial charge on any atom is -0.354 e. The van der Waals surface area contributed by atoms with Crippen molar-refractivity contribution in [1.82, 2.24) is 19.8 Å². The molecule has 2 atom stereocenters. The lowest BCUT2D eigenvalue weighted by Gasteiger charge is -2.26. The smallest absolute Gasteiger partial charge is 0.354 e. The van der Waals surface area contributed by atoms with Gasteiger partial charge in [0.05, 0.1) is 24.4 Å². The van der Waals surface area contributed by atoms with Crippen LogP contribution in [0.25, 0.3) is 0 Å². The normalized spacial score (nSPS) is 18.1. The predicted molar refractivity (Wildman–Crippen MR) is 135 cm³/mol. The zero-order valence-corrected chi connectivity index (χ0v) is 22.5. The van der Waals surface area contributed by atoms with E-state index in [0.717, 1.165) is 23.1 Å². The first-order chi connectivity index (χ1) is 18.9. The van der Waals surface area contributed by atoms with Crippen molar-refractivity contribution < 1.29 is 44.3 Å². The fraction of sp³-hybridized carbons (Fsp3) is 0.400. The molecule has 0 saturated carbocycles. The SMILES string of the molecule is C[C@H](NC(=O)c1c(C(F)(F)F)nn2c1N(CC1C=C(C(F)(F)F)C=CC1)CC2)c1ccc(C(=O)NS(C)(=O)=O)cc1. The Hall–Kier alpha value is -3.82. The highest BCUT2D eigenvalue weighted by Crippen LogP contribution is 2.39. The number of allylic oxidation sites excluding steroid dienone is 3. The van der Waals surface area contributed by atoms with Gasteiger partial charge in [-0.15, -0.1) is 0 Å². The van der Waals surface area contributed by atoms with Crippen molar-refractivity contribution >= 4 is 27.7 Å². The third kappa shape index (κ3) is 6.92. The molecular weight excluding hydrogens is 580 g/mol. The number of carbonyl (C=O) groups is 2. The molecule has 0 bridgehead atoms. The number of benzene rings is 1. The molecule has 16 heteroatoms. The number of alkyl halides is 6. The molecule has 2 aromatic rings. The van der Waals surface area contributed by atoms with Gasteiger partial charge in [0.1, 0.15) is 11.4 Å². The fourth-order valence-electron chi connectivity index (χ4n) is 4.69. The quantitative estimate of drug-likeness (QED) is 0.462. The van der Waals surface area contributed by atoms with Gasteiger partial charge in [0.2, 0.25) is 10.0 Å². The van der Waals surface area contributed by atoms with Gasteiger partial charge in [-0.1, -0.05) is 30.4 Å². The minimum atomic E-state index is -4.98. The maximum Gasteiger partial charge on any atom is 0.436 e.